The van der Waals surface area contributed by atoms with E-state index in [1.165, 1.54) is 4.90 Å². The van der Waals surface area contributed by atoms with E-state index in [0.717, 1.165) is 24.8 Å². The van der Waals surface area contributed by atoms with Gasteiger partial charge in [0.1, 0.15) is 6.54 Å². The highest BCUT2D eigenvalue weighted by Gasteiger charge is 2.54. The Morgan fingerprint density at radius 3 is 2.17 bits per heavy atom. The third kappa shape index (κ3) is 4.42. The lowest BCUT2D eigenvalue weighted by molar-refractivity contribution is -0.132. The smallest absolute Gasteiger partial charge is 0.325 e. The minimum Gasteiger partial charge on any atom is -0.341 e. The molecule has 0 radical (unpaired) electrons. The van der Waals surface area contributed by atoms with Crippen LogP contribution in [0.25, 0.3) is 0 Å². The van der Waals surface area contributed by atoms with Crippen LogP contribution in [0.4, 0.5) is 10.5 Å². The van der Waals surface area contributed by atoms with Crippen LogP contribution in [-0.2, 0) is 21.1 Å². The quantitative estimate of drug-likeness (QED) is 0.604. The molecule has 3 amide bonds. The first kappa shape index (κ1) is 21.6. The molecule has 0 unspecified atom stereocenters. The van der Waals surface area contributed by atoms with Crippen LogP contribution in [0.1, 0.15) is 39.2 Å². The summed E-state index contributed by atoms with van der Waals surface area (Å²) in [5, 5.41) is 0. The van der Waals surface area contributed by atoms with Crippen LogP contribution in [0.15, 0.2) is 24.3 Å². The molecule has 0 spiro atoms. The molecule has 1 aromatic rings. The average Bonchev–Trinajstić information content (AvgIpc) is 3.12. The Kier molecular flexibility index (Phi) is 6.51. The molecular weight excluding hydrogens is 390 g/mol. The van der Waals surface area contributed by atoms with E-state index in [4.69, 9.17) is 0 Å². The second-order valence-electron chi connectivity index (χ2n) is 7.89. The summed E-state index contributed by atoms with van der Waals surface area (Å²) in [5.41, 5.74) is 1.84. The molecule has 29 heavy (non-hydrogen) atoms. The van der Waals surface area contributed by atoms with Crippen molar-refractivity contribution >= 4 is 27.5 Å². The van der Waals surface area contributed by atoms with Gasteiger partial charge in [-0.1, -0.05) is 32.9 Å². The van der Waals surface area contributed by atoms with Crippen LogP contribution in [0, 0.1) is 0 Å². The zero-order valence-corrected chi connectivity index (χ0v) is 18.3. The van der Waals surface area contributed by atoms with Crippen molar-refractivity contribution in [2.75, 3.05) is 36.0 Å². The van der Waals surface area contributed by atoms with E-state index in [0.29, 0.717) is 18.8 Å². The molecule has 0 aromatic heterocycles. The zero-order valence-electron chi connectivity index (χ0n) is 17.5. The van der Waals surface area contributed by atoms with Gasteiger partial charge in [-0.3, -0.25) is 9.69 Å². The lowest BCUT2D eigenvalue weighted by atomic mass is 10.1. The molecule has 2 atom stereocenters. The van der Waals surface area contributed by atoms with E-state index < -0.39 is 21.9 Å². The number of nitrogens with zero attached hydrogens (tertiary/aromatic N) is 3. The maximum atomic E-state index is 13.2. The number of hydrogen-bond acceptors (Lipinski definition) is 4. The van der Waals surface area contributed by atoms with Crippen molar-refractivity contribution in [1.82, 2.24) is 9.80 Å². The van der Waals surface area contributed by atoms with E-state index in [-0.39, 0.29) is 30.0 Å². The van der Waals surface area contributed by atoms with Crippen LogP contribution in [-0.4, -0.2) is 73.4 Å². The zero-order chi connectivity index (χ0) is 21.2. The number of fused-ring (bicyclic) bond motifs is 1. The van der Waals surface area contributed by atoms with Gasteiger partial charge in [-0.25, -0.2) is 13.2 Å². The number of urea groups is 1. The normalized spacial score (nSPS) is 22.8. The van der Waals surface area contributed by atoms with Crippen molar-refractivity contribution in [1.29, 1.82) is 0 Å². The largest absolute Gasteiger partial charge is 0.341 e. The van der Waals surface area contributed by atoms with Gasteiger partial charge in [-0.2, -0.15) is 0 Å². The highest BCUT2D eigenvalue weighted by molar-refractivity contribution is 7.91. The summed E-state index contributed by atoms with van der Waals surface area (Å²) in [7, 11) is -3.25. The first-order valence-electron chi connectivity index (χ1n) is 10.5. The molecule has 160 valence electrons. The SMILES string of the molecule is CCCN(CCC)C(=O)CN1C(=O)N(c2ccc(CC)cc2)[C@H]2CS(=O)(=O)C[C@H]21. The first-order chi connectivity index (χ1) is 13.8. The molecule has 2 fully saturated rings. The number of sulfone groups is 1. The number of carbonyl (C=O) groups is 2. The summed E-state index contributed by atoms with van der Waals surface area (Å²) in [5.74, 6) is -0.257. The van der Waals surface area contributed by atoms with Gasteiger partial charge in [0.2, 0.25) is 5.91 Å². The van der Waals surface area contributed by atoms with Crippen molar-refractivity contribution < 1.29 is 18.0 Å². The highest BCUT2D eigenvalue weighted by Crippen LogP contribution is 2.35. The Balaban J connectivity index is 1.87. The second kappa shape index (κ2) is 8.73. The molecule has 0 aliphatic carbocycles. The molecule has 1 aromatic carbocycles. The number of hydrogen-bond donors (Lipinski definition) is 0. The van der Waals surface area contributed by atoms with Gasteiger partial charge in [0.05, 0.1) is 23.6 Å². The summed E-state index contributed by atoms with van der Waals surface area (Å²) >= 11 is 0. The average molecular weight is 422 g/mol. The number of carbonyl (C=O) groups excluding carboxylic acids is 2. The van der Waals surface area contributed by atoms with Crippen molar-refractivity contribution in [3.05, 3.63) is 29.8 Å². The van der Waals surface area contributed by atoms with Crippen LogP contribution in [0.5, 0.6) is 0 Å². The lowest BCUT2D eigenvalue weighted by Gasteiger charge is -2.27. The van der Waals surface area contributed by atoms with Crippen LogP contribution >= 0.6 is 0 Å². The summed E-state index contributed by atoms with van der Waals surface area (Å²) in [4.78, 5) is 30.9. The van der Waals surface area contributed by atoms with E-state index >= 15 is 0 Å². The molecule has 2 saturated heterocycles. The third-order valence-corrected chi connectivity index (χ3v) is 7.44. The molecule has 2 aliphatic rings. The van der Waals surface area contributed by atoms with Crippen LogP contribution in [0.2, 0.25) is 0 Å². The fraction of sp³-hybridized carbons (Fsp3) is 0.619. The van der Waals surface area contributed by atoms with E-state index in [9.17, 15) is 18.0 Å². The monoisotopic (exact) mass is 421 g/mol. The van der Waals surface area contributed by atoms with Crippen molar-refractivity contribution in [3.8, 4) is 0 Å². The van der Waals surface area contributed by atoms with E-state index in [1.54, 1.807) is 9.80 Å². The first-order valence-corrected chi connectivity index (χ1v) is 12.3. The van der Waals surface area contributed by atoms with Gasteiger partial charge in [-0.15, -0.1) is 0 Å². The minimum absolute atomic E-state index is 0.0583. The van der Waals surface area contributed by atoms with Gasteiger partial charge in [0.15, 0.2) is 9.84 Å². The predicted octanol–water partition coefficient (Wildman–Crippen LogP) is 2.31. The van der Waals surface area contributed by atoms with Crippen molar-refractivity contribution in [2.24, 2.45) is 0 Å². The standard InChI is InChI=1S/C21H31N3O4S/c1-4-11-22(12-5-2)20(25)13-23-18-14-29(27,28)15-19(18)24(21(23)26)17-9-7-16(6-3)8-10-17/h7-10,18-19H,4-6,11-15H2,1-3H3/t18-,19+/m1/s1. The molecule has 2 heterocycles. The number of benzene rings is 1. The van der Waals surface area contributed by atoms with Gasteiger partial charge in [0.25, 0.3) is 0 Å². The lowest BCUT2D eigenvalue weighted by Crippen LogP contribution is -2.46. The van der Waals surface area contributed by atoms with E-state index in [2.05, 4.69) is 6.92 Å². The summed E-state index contributed by atoms with van der Waals surface area (Å²) < 4.78 is 24.7. The Hall–Kier alpha value is -2.09. The summed E-state index contributed by atoms with van der Waals surface area (Å²) in [6, 6.07) is 6.44. The number of anilines is 1. The van der Waals surface area contributed by atoms with Crippen LogP contribution in [0.3, 0.4) is 0 Å². The molecule has 3 rings (SSSR count). The predicted molar refractivity (Wildman–Crippen MR) is 114 cm³/mol. The Bertz CT molecular complexity index is 847. The fourth-order valence-electron chi connectivity index (χ4n) is 4.30. The molecule has 8 heteroatoms. The Labute approximate surface area is 173 Å². The maximum absolute atomic E-state index is 13.2. The number of amides is 3. The van der Waals surface area contributed by atoms with Gasteiger partial charge >= 0.3 is 6.03 Å². The topological polar surface area (TPSA) is 78.0 Å². The van der Waals surface area contributed by atoms with Gasteiger partial charge < -0.3 is 9.80 Å². The molecule has 7 nitrogen and oxygen atoms in total. The molecular formula is C21H31N3O4S. The second-order valence-corrected chi connectivity index (χ2v) is 10.0. The number of rotatable bonds is 8. The third-order valence-electron chi connectivity index (χ3n) is 5.75. The minimum atomic E-state index is -3.25. The number of aryl methyl sites for hydroxylation is 1. The fourth-order valence-corrected chi connectivity index (χ4v) is 6.25. The Morgan fingerprint density at radius 1 is 1.03 bits per heavy atom. The van der Waals surface area contributed by atoms with Crippen LogP contribution < -0.4 is 4.90 Å². The molecule has 0 bridgehead atoms. The van der Waals surface area contributed by atoms with Gasteiger partial charge in [0, 0.05) is 18.8 Å². The summed E-state index contributed by atoms with van der Waals surface area (Å²) in [6.45, 7) is 7.30. The van der Waals surface area contributed by atoms with E-state index in [1.807, 2.05) is 38.1 Å². The molecule has 0 N–H and O–H groups in total. The molecule has 2 aliphatic heterocycles. The Morgan fingerprint density at radius 2 is 1.62 bits per heavy atom. The van der Waals surface area contributed by atoms with Crippen molar-refractivity contribution in [3.63, 3.8) is 0 Å². The summed E-state index contributed by atoms with van der Waals surface area (Å²) in [6.07, 6.45) is 2.58. The van der Waals surface area contributed by atoms with Gasteiger partial charge in [-0.05, 0) is 37.0 Å². The maximum Gasteiger partial charge on any atom is 0.325 e. The highest BCUT2D eigenvalue weighted by atomic mass is 32.2. The molecule has 0 saturated carbocycles. The van der Waals surface area contributed by atoms with Crippen molar-refractivity contribution in [2.45, 2.75) is 52.1 Å².